The molecule has 0 aliphatic carbocycles. The van der Waals surface area contributed by atoms with Gasteiger partial charge in [-0.05, 0) is 55.9 Å². The highest BCUT2D eigenvalue weighted by Crippen LogP contribution is 2.27. The lowest BCUT2D eigenvalue weighted by molar-refractivity contribution is -0.139. The van der Waals surface area contributed by atoms with Gasteiger partial charge in [-0.15, -0.1) is 0 Å². The number of carbonyl (C=O) groups is 2. The molecule has 0 saturated carbocycles. The predicted octanol–water partition coefficient (Wildman–Crippen LogP) is 4.94. The van der Waals surface area contributed by atoms with E-state index in [1.807, 2.05) is 52.9 Å². The predicted molar refractivity (Wildman–Crippen MR) is 136 cm³/mol. The van der Waals surface area contributed by atoms with Crippen LogP contribution in [0.5, 0.6) is 0 Å². The van der Waals surface area contributed by atoms with Crippen LogP contribution in [0.3, 0.4) is 0 Å². The third kappa shape index (κ3) is 6.94. The molecule has 1 saturated heterocycles. The SMILES string of the molecule is Cc1cc(-c2cc(Cl)nn2C)ccc1C(C)NC(=O)C1CCCN1C(=O)CC(C)C.c1cnoc1. The molecule has 2 atom stereocenters. The monoisotopic (exact) mass is 499 g/mol. The second-order valence-corrected chi connectivity index (χ2v) is 9.70. The van der Waals surface area contributed by atoms with Gasteiger partial charge in [-0.1, -0.05) is 42.7 Å². The average molecular weight is 500 g/mol. The van der Waals surface area contributed by atoms with Gasteiger partial charge >= 0.3 is 0 Å². The van der Waals surface area contributed by atoms with Crippen LogP contribution in [0.15, 0.2) is 47.3 Å². The van der Waals surface area contributed by atoms with Gasteiger partial charge in [0, 0.05) is 31.6 Å². The van der Waals surface area contributed by atoms with Gasteiger partial charge in [0.05, 0.1) is 17.9 Å². The van der Waals surface area contributed by atoms with Gasteiger partial charge < -0.3 is 14.7 Å². The third-order valence-corrected chi connectivity index (χ3v) is 6.23. The fourth-order valence-corrected chi connectivity index (χ4v) is 4.61. The molecule has 4 rings (SSSR count). The van der Waals surface area contributed by atoms with Crippen molar-refractivity contribution in [2.75, 3.05) is 6.54 Å². The number of halogens is 1. The summed E-state index contributed by atoms with van der Waals surface area (Å²) in [6.07, 6.45) is 5.18. The van der Waals surface area contributed by atoms with Crippen LogP contribution in [0.1, 0.15) is 57.2 Å². The van der Waals surface area contributed by atoms with Crippen molar-refractivity contribution in [1.29, 1.82) is 0 Å². The first-order valence-corrected chi connectivity index (χ1v) is 12.3. The van der Waals surface area contributed by atoms with Crippen molar-refractivity contribution in [1.82, 2.24) is 25.2 Å². The summed E-state index contributed by atoms with van der Waals surface area (Å²) >= 11 is 6.01. The number of nitrogens with zero attached hydrogens (tertiary/aromatic N) is 4. The Morgan fingerprint density at radius 1 is 1.26 bits per heavy atom. The summed E-state index contributed by atoms with van der Waals surface area (Å²) in [4.78, 5) is 27.2. The lowest BCUT2D eigenvalue weighted by Crippen LogP contribution is -2.46. The Kier molecular flexibility index (Phi) is 9.09. The first-order valence-electron chi connectivity index (χ1n) is 11.9. The zero-order chi connectivity index (χ0) is 25.5. The first-order chi connectivity index (χ1) is 16.7. The Labute approximate surface area is 211 Å². The summed E-state index contributed by atoms with van der Waals surface area (Å²) in [6, 6.07) is 9.18. The number of nitrogens with one attached hydrogen (secondary N) is 1. The number of benzene rings is 1. The molecule has 2 unspecified atom stereocenters. The van der Waals surface area contributed by atoms with Crippen molar-refractivity contribution >= 4 is 23.4 Å². The van der Waals surface area contributed by atoms with Crippen LogP contribution < -0.4 is 5.32 Å². The zero-order valence-electron chi connectivity index (χ0n) is 21.0. The third-order valence-electron chi connectivity index (χ3n) is 6.05. The number of rotatable bonds is 6. The number of aromatic nitrogens is 3. The summed E-state index contributed by atoms with van der Waals surface area (Å²) in [5.74, 6) is 0.292. The van der Waals surface area contributed by atoms with E-state index in [2.05, 4.69) is 26.2 Å². The highest BCUT2D eigenvalue weighted by atomic mass is 35.5. The molecule has 2 aromatic heterocycles. The topological polar surface area (TPSA) is 93.3 Å². The maximum Gasteiger partial charge on any atom is 0.243 e. The van der Waals surface area contributed by atoms with Crippen molar-refractivity contribution in [2.45, 2.75) is 59.0 Å². The van der Waals surface area contributed by atoms with Crippen LogP contribution in [0.2, 0.25) is 5.15 Å². The van der Waals surface area contributed by atoms with E-state index in [-0.39, 0.29) is 29.8 Å². The van der Waals surface area contributed by atoms with Crippen LogP contribution in [-0.2, 0) is 16.6 Å². The van der Waals surface area contributed by atoms with Gasteiger partial charge in [0.2, 0.25) is 11.8 Å². The van der Waals surface area contributed by atoms with E-state index < -0.39 is 0 Å². The van der Waals surface area contributed by atoms with E-state index in [9.17, 15) is 9.59 Å². The van der Waals surface area contributed by atoms with E-state index in [1.54, 1.807) is 21.8 Å². The first kappa shape index (κ1) is 26.5. The highest BCUT2D eigenvalue weighted by molar-refractivity contribution is 6.29. The van der Waals surface area contributed by atoms with Crippen molar-refractivity contribution in [3.05, 3.63) is 59.1 Å². The van der Waals surface area contributed by atoms with E-state index in [0.29, 0.717) is 18.1 Å². The summed E-state index contributed by atoms with van der Waals surface area (Å²) < 4.78 is 6.09. The number of hydrogen-bond acceptors (Lipinski definition) is 5. The number of aryl methyl sites for hydroxylation is 2. The Morgan fingerprint density at radius 3 is 2.57 bits per heavy atom. The van der Waals surface area contributed by atoms with Crippen molar-refractivity contribution < 1.29 is 14.1 Å². The van der Waals surface area contributed by atoms with Gasteiger partial charge in [0.1, 0.15) is 12.3 Å². The van der Waals surface area contributed by atoms with Crippen LogP contribution in [-0.4, -0.2) is 44.2 Å². The fraction of sp³-hybridized carbons (Fsp3) is 0.462. The molecule has 2 amide bonds. The second kappa shape index (κ2) is 12.0. The quantitative estimate of drug-likeness (QED) is 0.518. The summed E-state index contributed by atoms with van der Waals surface area (Å²) in [7, 11) is 1.86. The van der Waals surface area contributed by atoms with Crippen LogP contribution in [0, 0.1) is 12.8 Å². The number of hydrogen-bond donors (Lipinski definition) is 1. The average Bonchev–Trinajstić information content (AvgIpc) is 3.56. The molecule has 0 bridgehead atoms. The molecule has 8 nitrogen and oxygen atoms in total. The Bertz CT molecular complexity index is 1110. The Morgan fingerprint density at radius 2 is 2.03 bits per heavy atom. The molecule has 0 spiro atoms. The molecule has 3 heterocycles. The van der Waals surface area contributed by atoms with Gasteiger partial charge in [-0.3, -0.25) is 14.3 Å². The van der Waals surface area contributed by atoms with Crippen molar-refractivity contribution in [3.63, 3.8) is 0 Å². The lowest BCUT2D eigenvalue weighted by atomic mass is 9.98. The molecule has 9 heteroatoms. The van der Waals surface area contributed by atoms with Crippen LogP contribution >= 0.6 is 11.6 Å². The molecule has 1 aromatic carbocycles. The zero-order valence-corrected chi connectivity index (χ0v) is 21.7. The van der Waals surface area contributed by atoms with E-state index in [0.717, 1.165) is 35.2 Å². The minimum atomic E-state index is -0.366. The Balaban J connectivity index is 0.000000607. The maximum atomic E-state index is 12.9. The number of carbonyl (C=O) groups excluding carboxylic acids is 2. The molecule has 35 heavy (non-hydrogen) atoms. The van der Waals surface area contributed by atoms with E-state index >= 15 is 0 Å². The number of amides is 2. The largest absolute Gasteiger partial charge is 0.365 e. The smallest absolute Gasteiger partial charge is 0.243 e. The minimum Gasteiger partial charge on any atom is -0.365 e. The minimum absolute atomic E-state index is 0.0704. The lowest BCUT2D eigenvalue weighted by Gasteiger charge is -2.27. The van der Waals surface area contributed by atoms with E-state index in [4.69, 9.17) is 11.6 Å². The molecule has 1 aliphatic rings. The molecule has 0 radical (unpaired) electrons. The standard InChI is InChI=1S/C23H31ClN4O2.C3H3NO/c1-14(2)11-22(29)28-10-6-7-19(28)23(30)25-16(4)18-9-8-17(12-15(18)3)20-13-21(24)26-27(20)5;1-2-4-5-3-1/h8-9,12-14,16,19H,6-7,10-11H2,1-5H3,(H,25,30);1-3H. The number of likely N-dealkylation sites (tertiary alicyclic amines) is 1. The Hall–Kier alpha value is -3.13. The molecule has 188 valence electrons. The molecule has 1 fully saturated rings. The summed E-state index contributed by atoms with van der Waals surface area (Å²) in [6.45, 7) is 8.73. The summed E-state index contributed by atoms with van der Waals surface area (Å²) in [5.41, 5.74) is 4.10. The van der Waals surface area contributed by atoms with Crippen molar-refractivity contribution in [3.8, 4) is 11.3 Å². The molecule has 1 aliphatic heterocycles. The van der Waals surface area contributed by atoms with Crippen LogP contribution in [0.4, 0.5) is 0 Å². The second-order valence-electron chi connectivity index (χ2n) is 9.31. The van der Waals surface area contributed by atoms with Gasteiger partial charge in [-0.25, -0.2) is 0 Å². The highest BCUT2D eigenvalue weighted by Gasteiger charge is 2.34. The van der Waals surface area contributed by atoms with Gasteiger partial charge in [0.15, 0.2) is 5.15 Å². The van der Waals surface area contributed by atoms with E-state index in [1.165, 1.54) is 6.26 Å². The molecular formula is C26H34ClN5O3. The normalized spacial score (nSPS) is 16.1. The van der Waals surface area contributed by atoms with Gasteiger partial charge in [-0.2, -0.15) is 5.10 Å². The maximum absolute atomic E-state index is 12.9. The summed E-state index contributed by atoms with van der Waals surface area (Å²) in [5, 5.41) is 11.1. The molecular weight excluding hydrogens is 466 g/mol. The fourth-order valence-electron chi connectivity index (χ4n) is 4.39. The van der Waals surface area contributed by atoms with Crippen LogP contribution in [0.25, 0.3) is 11.3 Å². The molecule has 1 N–H and O–H groups in total. The van der Waals surface area contributed by atoms with Crippen molar-refractivity contribution in [2.24, 2.45) is 13.0 Å². The van der Waals surface area contributed by atoms with Gasteiger partial charge in [0.25, 0.3) is 0 Å². The molecule has 3 aromatic rings.